The highest BCUT2D eigenvalue weighted by molar-refractivity contribution is 5.68. The maximum atomic E-state index is 13.5. The van der Waals surface area contributed by atoms with E-state index in [4.69, 9.17) is 4.74 Å². The SMILES string of the molecule is CCC1CC(N(Cc2cc(C(F)(F)F)cc(C(F)(F)F)c2)C2CCCCC2)CCN1C(=O)OC(C)(C)C. The molecule has 1 aliphatic heterocycles. The van der Waals surface area contributed by atoms with Gasteiger partial charge in [-0.1, -0.05) is 26.2 Å². The second-order valence-corrected chi connectivity index (χ2v) is 11.3. The summed E-state index contributed by atoms with van der Waals surface area (Å²) >= 11 is 0. The van der Waals surface area contributed by atoms with Gasteiger partial charge in [-0.25, -0.2) is 4.79 Å². The zero-order valence-corrected chi connectivity index (χ0v) is 22.0. The van der Waals surface area contributed by atoms with Crippen molar-refractivity contribution in [1.82, 2.24) is 9.80 Å². The lowest BCUT2D eigenvalue weighted by atomic mass is 9.88. The Kier molecular flexibility index (Phi) is 9.13. The summed E-state index contributed by atoms with van der Waals surface area (Å²) in [7, 11) is 0. The van der Waals surface area contributed by atoms with Crippen LogP contribution in [0.15, 0.2) is 18.2 Å². The standard InChI is InChI=1S/C27H38F6N2O2/c1-5-21-16-23(11-12-34(21)24(36)37-25(2,3)4)35(22-9-7-6-8-10-22)17-18-13-19(26(28,29)30)15-20(14-18)27(31,32)33/h13-15,21-23H,5-12,16-17H2,1-4H3. The van der Waals surface area contributed by atoms with Crippen molar-refractivity contribution < 1.29 is 35.9 Å². The van der Waals surface area contributed by atoms with Crippen molar-refractivity contribution in [1.29, 1.82) is 0 Å². The second kappa shape index (κ2) is 11.4. The molecule has 3 rings (SSSR count). The van der Waals surface area contributed by atoms with Crippen LogP contribution in [0, 0.1) is 0 Å². The third kappa shape index (κ3) is 8.01. The predicted molar refractivity (Wildman–Crippen MR) is 129 cm³/mol. The fourth-order valence-corrected chi connectivity index (χ4v) is 5.57. The number of nitrogens with zero attached hydrogens (tertiary/aromatic N) is 2. The van der Waals surface area contributed by atoms with E-state index in [-0.39, 0.29) is 36.3 Å². The average molecular weight is 537 g/mol. The Balaban J connectivity index is 1.90. The molecular formula is C27H38F6N2O2. The minimum atomic E-state index is -4.88. The number of carbonyl (C=O) groups excluding carboxylic acids is 1. The topological polar surface area (TPSA) is 32.8 Å². The van der Waals surface area contributed by atoms with Crippen molar-refractivity contribution in [3.8, 4) is 0 Å². The number of carbonyl (C=O) groups is 1. The van der Waals surface area contributed by atoms with Crippen LogP contribution >= 0.6 is 0 Å². The van der Waals surface area contributed by atoms with Gasteiger partial charge in [0, 0.05) is 31.2 Å². The maximum Gasteiger partial charge on any atom is 0.416 e. The number of ether oxygens (including phenoxy) is 1. The minimum absolute atomic E-state index is 0.00516. The zero-order valence-electron chi connectivity index (χ0n) is 22.0. The second-order valence-electron chi connectivity index (χ2n) is 11.3. The molecule has 2 atom stereocenters. The molecule has 37 heavy (non-hydrogen) atoms. The van der Waals surface area contributed by atoms with Gasteiger partial charge in [0.25, 0.3) is 0 Å². The highest BCUT2D eigenvalue weighted by Gasteiger charge is 2.40. The van der Waals surface area contributed by atoms with Gasteiger partial charge in [-0.3, -0.25) is 4.90 Å². The molecular weight excluding hydrogens is 498 g/mol. The summed E-state index contributed by atoms with van der Waals surface area (Å²) in [6.07, 6.45) is -3.56. The predicted octanol–water partition coefficient (Wildman–Crippen LogP) is 8.04. The summed E-state index contributed by atoms with van der Waals surface area (Å²) in [5.41, 5.74) is -3.20. The summed E-state index contributed by atoms with van der Waals surface area (Å²) in [6, 6.07) is 1.77. The molecule has 0 spiro atoms. The molecule has 2 unspecified atom stereocenters. The molecule has 1 aliphatic carbocycles. The third-order valence-electron chi connectivity index (χ3n) is 7.31. The molecule has 2 aliphatic rings. The summed E-state index contributed by atoms with van der Waals surface area (Å²) in [6.45, 7) is 7.80. The normalized spacial score (nSPS) is 22.4. The van der Waals surface area contributed by atoms with Crippen LogP contribution in [0.1, 0.15) is 95.8 Å². The number of piperidine rings is 1. The summed E-state index contributed by atoms with van der Waals surface area (Å²) < 4.78 is 86.5. The minimum Gasteiger partial charge on any atom is -0.444 e. The smallest absolute Gasteiger partial charge is 0.416 e. The Morgan fingerprint density at radius 3 is 1.97 bits per heavy atom. The molecule has 1 amide bonds. The fraction of sp³-hybridized carbons (Fsp3) is 0.741. The first-order valence-electron chi connectivity index (χ1n) is 13.1. The molecule has 1 aromatic rings. The van der Waals surface area contributed by atoms with Crippen LogP contribution in [0.2, 0.25) is 0 Å². The van der Waals surface area contributed by atoms with Crippen LogP contribution < -0.4 is 0 Å². The van der Waals surface area contributed by atoms with Crippen molar-refractivity contribution in [2.45, 2.75) is 122 Å². The molecule has 1 heterocycles. The van der Waals surface area contributed by atoms with Gasteiger partial charge in [-0.05, 0) is 76.6 Å². The summed E-state index contributed by atoms with van der Waals surface area (Å²) in [5.74, 6) is 0. The monoisotopic (exact) mass is 536 g/mol. The van der Waals surface area contributed by atoms with Crippen molar-refractivity contribution in [2.24, 2.45) is 0 Å². The third-order valence-corrected chi connectivity index (χ3v) is 7.31. The Hall–Kier alpha value is -1.97. The lowest BCUT2D eigenvalue weighted by Crippen LogP contribution is -2.54. The first kappa shape index (κ1) is 29.6. The molecule has 10 heteroatoms. The van der Waals surface area contributed by atoms with E-state index >= 15 is 0 Å². The van der Waals surface area contributed by atoms with E-state index in [1.165, 1.54) is 0 Å². The molecule has 1 saturated heterocycles. The van der Waals surface area contributed by atoms with Gasteiger partial charge >= 0.3 is 18.4 Å². The van der Waals surface area contributed by atoms with E-state index in [0.717, 1.165) is 44.2 Å². The highest BCUT2D eigenvalue weighted by atomic mass is 19.4. The number of likely N-dealkylation sites (tertiary alicyclic amines) is 1. The number of hydrogen-bond donors (Lipinski definition) is 0. The maximum absolute atomic E-state index is 13.5. The molecule has 0 aromatic heterocycles. The van der Waals surface area contributed by atoms with Gasteiger partial charge in [-0.15, -0.1) is 0 Å². The summed E-state index contributed by atoms with van der Waals surface area (Å²) in [5, 5.41) is 0. The largest absolute Gasteiger partial charge is 0.444 e. The molecule has 4 nitrogen and oxygen atoms in total. The number of benzene rings is 1. The molecule has 0 N–H and O–H groups in total. The van der Waals surface area contributed by atoms with E-state index in [9.17, 15) is 31.1 Å². The average Bonchev–Trinajstić information content (AvgIpc) is 2.80. The Morgan fingerprint density at radius 2 is 1.49 bits per heavy atom. The molecule has 1 aromatic carbocycles. The van der Waals surface area contributed by atoms with Gasteiger partial charge in [0.1, 0.15) is 5.60 Å². The van der Waals surface area contributed by atoms with Gasteiger partial charge < -0.3 is 9.64 Å². The van der Waals surface area contributed by atoms with Crippen LogP contribution in [-0.2, 0) is 23.6 Å². The van der Waals surface area contributed by atoms with Gasteiger partial charge in [0.05, 0.1) is 11.1 Å². The first-order chi connectivity index (χ1) is 17.1. The van der Waals surface area contributed by atoms with Gasteiger partial charge in [0.15, 0.2) is 0 Å². The van der Waals surface area contributed by atoms with E-state index in [2.05, 4.69) is 4.90 Å². The van der Waals surface area contributed by atoms with Crippen molar-refractivity contribution in [2.75, 3.05) is 6.54 Å². The number of amides is 1. The molecule has 0 radical (unpaired) electrons. The van der Waals surface area contributed by atoms with Crippen LogP contribution in [0.25, 0.3) is 0 Å². The highest BCUT2D eigenvalue weighted by Crippen LogP contribution is 2.38. The number of halogens is 6. The summed E-state index contributed by atoms with van der Waals surface area (Å²) in [4.78, 5) is 16.6. The number of hydrogen-bond acceptors (Lipinski definition) is 3. The lowest BCUT2D eigenvalue weighted by molar-refractivity contribution is -0.143. The number of rotatable bonds is 5. The van der Waals surface area contributed by atoms with E-state index in [1.807, 2.05) is 6.92 Å². The van der Waals surface area contributed by atoms with Gasteiger partial charge in [0.2, 0.25) is 0 Å². The van der Waals surface area contributed by atoms with Crippen LogP contribution in [0.3, 0.4) is 0 Å². The molecule has 2 fully saturated rings. The van der Waals surface area contributed by atoms with Crippen LogP contribution in [0.4, 0.5) is 31.1 Å². The van der Waals surface area contributed by atoms with Gasteiger partial charge in [-0.2, -0.15) is 26.3 Å². The van der Waals surface area contributed by atoms with Crippen LogP contribution in [-0.4, -0.2) is 46.2 Å². The lowest BCUT2D eigenvalue weighted by Gasteiger charge is -2.47. The van der Waals surface area contributed by atoms with Crippen molar-refractivity contribution in [3.63, 3.8) is 0 Å². The first-order valence-corrected chi connectivity index (χ1v) is 13.1. The molecule has 0 bridgehead atoms. The van der Waals surface area contributed by atoms with Crippen LogP contribution in [0.5, 0.6) is 0 Å². The Morgan fingerprint density at radius 1 is 0.919 bits per heavy atom. The van der Waals surface area contributed by atoms with E-state index < -0.39 is 35.2 Å². The Bertz CT molecular complexity index is 887. The van der Waals surface area contributed by atoms with Crippen molar-refractivity contribution >= 4 is 6.09 Å². The number of alkyl halides is 6. The Labute approximate surface area is 215 Å². The zero-order chi connectivity index (χ0) is 27.6. The van der Waals surface area contributed by atoms with E-state index in [0.29, 0.717) is 25.8 Å². The molecule has 1 saturated carbocycles. The van der Waals surface area contributed by atoms with Crippen molar-refractivity contribution in [3.05, 3.63) is 34.9 Å². The fourth-order valence-electron chi connectivity index (χ4n) is 5.57. The molecule has 210 valence electrons. The van der Waals surface area contributed by atoms with E-state index in [1.54, 1.807) is 25.7 Å². The quantitative estimate of drug-likeness (QED) is 0.357.